The lowest BCUT2D eigenvalue weighted by atomic mass is 10.0. The van der Waals surface area contributed by atoms with Gasteiger partial charge in [0.25, 0.3) is 0 Å². The first kappa shape index (κ1) is 17.0. The van der Waals surface area contributed by atoms with E-state index in [9.17, 15) is 21.6 Å². The molecule has 0 fully saturated rings. The van der Waals surface area contributed by atoms with Crippen LogP contribution in [-0.2, 0) is 14.4 Å². The van der Waals surface area contributed by atoms with Crippen molar-refractivity contribution in [2.45, 2.75) is 12.4 Å². The third-order valence-corrected chi connectivity index (χ3v) is 3.80. The van der Waals surface area contributed by atoms with E-state index in [0.29, 0.717) is 5.56 Å². The summed E-state index contributed by atoms with van der Waals surface area (Å²) >= 11 is 0. The van der Waals surface area contributed by atoms with Crippen molar-refractivity contribution in [1.29, 1.82) is 0 Å². The Labute approximate surface area is 131 Å². The van der Waals surface area contributed by atoms with E-state index in [2.05, 4.69) is 9.44 Å². The van der Waals surface area contributed by atoms with Gasteiger partial charge in [-0.3, -0.25) is 4.28 Å². The van der Waals surface area contributed by atoms with Gasteiger partial charge in [0.15, 0.2) is 0 Å². The lowest BCUT2D eigenvalue weighted by molar-refractivity contribution is -0.0540. The van der Waals surface area contributed by atoms with E-state index < -0.39 is 15.6 Å². The van der Waals surface area contributed by atoms with Gasteiger partial charge in [-0.15, -0.1) is 0 Å². The summed E-state index contributed by atoms with van der Waals surface area (Å²) in [5.74, 6) is 0. The van der Waals surface area contributed by atoms with Gasteiger partial charge in [0.05, 0.1) is 5.71 Å². The highest BCUT2D eigenvalue weighted by molar-refractivity contribution is 7.87. The van der Waals surface area contributed by atoms with Crippen LogP contribution < -0.4 is 0 Å². The minimum absolute atomic E-state index is 0.0115. The highest BCUT2D eigenvalue weighted by atomic mass is 32.2. The Hall–Kier alpha value is -2.35. The van der Waals surface area contributed by atoms with Gasteiger partial charge in [0.2, 0.25) is 0 Å². The van der Waals surface area contributed by atoms with Crippen molar-refractivity contribution in [3.05, 3.63) is 60.2 Å². The summed E-state index contributed by atoms with van der Waals surface area (Å²) in [6.07, 6.45) is 0. The second-order valence-corrected chi connectivity index (χ2v) is 6.11. The fourth-order valence-electron chi connectivity index (χ4n) is 1.73. The Bertz CT molecular complexity index is 798. The molecule has 0 radical (unpaired) electrons. The Balaban J connectivity index is 2.18. The molecule has 0 N–H and O–H groups in total. The smallest absolute Gasteiger partial charge is 0.262 e. The number of hydrogen-bond donors (Lipinski definition) is 0. The molecule has 0 saturated carbocycles. The standard InChI is InChI=1S/C15H12F3NO3S/c1-11(19-22-23(20,21)15(16,17)18)12-7-9-14(10-8-12)13-5-3-2-4-6-13/h2-10H,1H3/b19-11-. The number of rotatable bonds is 4. The van der Waals surface area contributed by atoms with Crippen molar-refractivity contribution < 1.29 is 25.9 Å². The van der Waals surface area contributed by atoms with E-state index >= 15 is 0 Å². The van der Waals surface area contributed by atoms with Gasteiger partial charge in [0.1, 0.15) is 0 Å². The summed E-state index contributed by atoms with van der Waals surface area (Å²) in [5, 5.41) is 3.04. The van der Waals surface area contributed by atoms with Gasteiger partial charge in [-0.25, -0.2) is 0 Å². The zero-order valence-corrected chi connectivity index (χ0v) is 12.7. The first-order chi connectivity index (χ1) is 10.7. The third kappa shape index (κ3) is 4.10. The van der Waals surface area contributed by atoms with Gasteiger partial charge < -0.3 is 0 Å². The predicted molar refractivity (Wildman–Crippen MR) is 80.1 cm³/mol. The Morgan fingerprint density at radius 3 is 2.00 bits per heavy atom. The summed E-state index contributed by atoms with van der Waals surface area (Å²) in [6, 6.07) is 16.2. The predicted octanol–water partition coefficient (Wildman–Crippen LogP) is 3.94. The summed E-state index contributed by atoms with van der Waals surface area (Å²) in [7, 11) is -5.74. The number of benzene rings is 2. The number of alkyl halides is 3. The van der Waals surface area contributed by atoms with Crippen molar-refractivity contribution in [2.75, 3.05) is 0 Å². The zero-order valence-electron chi connectivity index (χ0n) is 11.9. The van der Waals surface area contributed by atoms with Crippen LogP contribution >= 0.6 is 0 Å². The second kappa shape index (κ2) is 6.41. The van der Waals surface area contributed by atoms with Crippen LogP contribution in [0.3, 0.4) is 0 Å². The quantitative estimate of drug-likeness (QED) is 0.480. The van der Waals surface area contributed by atoms with E-state index in [-0.39, 0.29) is 5.71 Å². The molecule has 0 saturated heterocycles. The minimum Gasteiger partial charge on any atom is -0.262 e. The van der Waals surface area contributed by atoms with Crippen LogP contribution in [0, 0.1) is 0 Å². The molecule has 23 heavy (non-hydrogen) atoms. The Morgan fingerprint density at radius 2 is 1.48 bits per heavy atom. The van der Waals surface area contributed by atoms with Crippen molar-refractivity contribution >= 4 is 15.8 Å². The number of halogens is 3. The van der Waals surface area contributed by atoms with Crippen LogP contribution in [0.15, 0.2) is 59.8 Å². The van der Waals surface area contributed by atoms with Crippen molar-refractivity contribution in [3.8, 4) is 11.1 Å². The van der Waals surface area contributed by atoms with Gasteiger partial charge in [0, 0.05) is 0 Å². The molecule has 0 spiro atoms. The molecular weight excluding hydrogens is 331 g/mol. The monoisotopic (exact) mass is 343 g/mol. The molecule has 122 valence electrons. The summed E-state index contributed by atoms with van der Waals surface area (Å²) in [5.41, 5.74) is -3.16. The molecule has 0 aliphatic rings. The minimum atomic E-state index is -5.74. The van der Waals surface area contributed by atoms with Gasteiger partial charge in [-0.05, 0) is 23.6 Å². The molecular formula is C15H12F3NO3S. The molecule has 8 heteroatoms. The molecule has 2 aromatic carbocycles. The molecule has 0 amide bonds. The number of nitrogens with zero attached hydrogens (tertiary/aromatic N) is 1. The molecule has 0 bridgehead atoms. The topological polar surface area (TPSA) is 55.7 Å². The van der Waals surface area contributed by atoms with E-state index in [0.717, 1.165) is 11.1 Å². The summed E-state index contributed by atoms with van der Waals surface area (Å²) in [6.45, 7) is 1.35. The Morgan fingerprint density at radius 1 is 0.957 bits per heavy atom. The van der Waals surface area contributed by atoms with Crippen LogP contribution in [0.1, 0.15) is 12.5 Å². The third-order valence-electron chi connectivity index (χ3n) is 2.97. The molecule has 0 unspecified atom stereocenters. The maximum atomic E-state index is 12.1. The molecule has 2 rings (SSSR count). The zero-order chi connectivity index (χ0) is 17.1. The van der Waals surface area contributed by atoms with E-state index in [1.165, 1.54) is 6.92 Å². The van der Waals surface area contributed by atoms with Crippen molar-refractivity contribution in [2.24, 2.45) is 5.16 Å². The largest absolute Gasteiger partial charge is 0.536 e. The fourth-order valence-corrected chi connectivity index (χ4v) is 2.03. The molecule has 0 aromatic heterocycles. The van der Waals surface area contributed by atoms with Crippen LogP contribution in [0.25, 0.3) is 11.1 Å². The average Bonchev–Trinajstić information content (AvgIpc) is 2.52. The highest BCUT2D eigenvalue weighted by Gasteiger charge is 2.49. The van der Waals surface area contributed by atoms with Crippen LogP contribution in [0.2, 0.25) is 0 Å². The number of oxime groups is 1. The first-order valence-corrected chi connectivity index (χ1v) is 7.82. The molecule has 0 heterocycles. The molecule has 2 aromatic rings. The molecule has 0 atom stereocenters. The Kier molecular flexibility index (Phi) is 4.74. The maximum absolute atomic E-state index is 12.1. The fraction of sp³-hybridized carbons (Fsp3) is 0.133. The normalized spacial score (nSPS) is 13.0. The van der Waals surface area contributed by atoms with Crippen molar-refractivity contribution in [1.82, 2.24) is 0 Å². The van der Waals surface area contributed by atoms with E-state index in [1.54, 1.807) is 24.3 Å². The van der Waals surface area contributed by atoms with Crippen LogP contribution in [0.5, 0.6) is 0 Å². The number of hydrogen-bond acceptors (Lipinski definition) is 4. The van der Waals surface area contributed by atoms with E-state index in [4.69, 9.17) is 0 Å². The van der Waals surface area contributed by atoms with Gasteiger partial charge in [-0.2, -0.15) is 21.6 Å². The molecule has 4 nitrogen and oxygen atoms in total. The van der Waals surface area contributed by atoms with Gasteiger partial charge >= 0.3 is 15.6 Å². The molecule has 0 aliphatic heterocycles. The van der Waals surface area contributed by atoms with Crippen LogP contribution in [0.4, 0.5) is 13.2 Å². The molecule has 0 aliphatic carbocycles. The van der Waals surface area contributed by atoms with Crippen molar-refractivity contribution in [3.63, 3.8) is 0 Å². The lowest BCUT2D eigenvalue weighted by Gasteiger charge is -2.06. The first-order valence-electron chi connectivity index (χ1n) is 6.41. The second-order valence-electron chi connectivity index (χ2n) is 4.59. The average molecular weight is 343 g/mol. The van der Waals surface area contributed by atoms with Crippen LogP contribution in [-0.4, -0.2) is 19.6 Å². The van der Waals surface area contributed by atoms with Gasteiger partial charge in [-0.1, -0.05) is 59.8 Å². The summed E-state index contributed by atoms with van der Waals surface area (Å²) < 4.78 is 61.6. The maximum Gasteiger partial charge on any atom is 0.536 e. The highest BCUT2D eigenvalue weighted by Crippen LogP contribution is 2.25. The van der Waals surface area contributed by atoms with E-state index in [1.807, 2.05) is 30.3 Å². The SMILES string of the molecule is C/C(=N/OS(=O)(=O)C(F)(F)F)c1ccc(-c2ccccc2)cc1. The summed E-state index contributed by atoms with van der Waals surface area (Å²) in [4.78, 5) is 0. The lowest BCUT2D eigenvalue weighted by Crippen LogP contribution is -2.24.